The van der Waals surface area contributed by atoms with Gasteiger partial charge in [-0.25, -0.2) is 0 Å². The minimum absolute atomic E-state index is 0.850. The third-order valence-corrected chi connectivity index (χ3v) is 5.85. The molecular formula is C28H24BrO2. The van der Waals surface area contributed by atoms with E-state index in [0.717, 1.165) is 33.5 Å². The molecule has 0 saturated carbocycles. The van der Waals surface area contributed by atoms with Crippen molar-refractivity contribution in [2.24, 2.45) is 0 Å². The molecule has 0 N–H and O–H groups in total. The first kappa shape index (κ1) is 21.2. The van der Waals surface area contributed by atoms with E-state index in [4.69, 9.17) is 9.47 Å². The van der Waals surface area contributed by atoms with Crippen LogP contribution < -0.4 is 9.47 Å². The molecule has 3 heteroatoms. The molecule has 0 unspecified atom stereocenters. The van der Waals surface area contributed by atoms with Gasteiger partial charge in [0.25, 0.3) is 0 Å². The van der Waals surface area contributed by atoms with Crippen LogP contribution in [0.2, 0.25) is 0 Å². The molecule has 2 nitrogen and oxygen atoms in total. The molecule has 1 radical (unpaired) electrons. The number of ether oxygens (including phenoxy) is 2. The quantitative estimate of drug-likeness (QED) is 0.268. The third-order valence-electron chi connectivity index (χ3n) is 5.32. The molecule has 0 fully saturated rings. The zero-order chi connectivity index (χ0) is 21.6. The van der Waals surface area contributed by atoms with Gasteiger partial charge in [0, 0.05) is 4.47 Å². The fraction of sp³-hybridized carbons (Fsp3) is 0.107. The summed E-state index contributed by atoms with van der Waals surface area (Å²) in [6.07, 6.45) is 0.911. The minimum atomic E-state index is 0.850. The molecule has 4 aromatic rings. The van der Waals surface area contributed by atoms with E-state index in [9.17, 15) is 0 Å². The van der Waals surface area contributed by atoms with Crippen molar-refractivity contribution in [3.63, 3.8) is 0 Å². The Morgan fingerprint density at radius 3 is 1.29 bits per heavy atom. The van der Waals surface area contributed by atoms with Gasteiger partial charge >= 0.3 is 0 Å². The van der Waals surface area contributed by atoms with Crippen molar-refractivity contribution in [2.45, 2.75) is 6.42 Å². The Bertz CT molecular complexity index is 1050. The third kappa shape index (κ3) is 5.18. The lowest BCUT2D eigenvalue weighted by molar-refractivity contribution is 0.414. The molecule has 0 saturated heterocycles. The van der Waals surface area contributed by atoms with Crippen LogP contribution in [0.15, 0.2) is 102 Å². The first-order chi connectivity index (χ1) is 15.2. The van der Waals surface area contributed by atoms with Crippen LogP contribution in [0, 0.1) is 5.92 Å². The van der Waals surface area contributed by atoms with Gasteiger partial charge < -0.3 is 9.47 Å². The molecule has 31 heavy (non-hydrogen) atoms. The van der Waals surface area contributed by atoms with E-state index >= 15 is 0 Å². The Morgan fingerprint density at radius 2 is 0.903 bits per heavy atom. The Hall–Kier alpha value is -3.04. The van der Waals surface area contributed by atoms with E-state index in [1.54, 1.807) is 14.2 Å². The number of benzene rings is 4. The van der Waals surface area contributed by atoms with Crippen LogP contribution >= 0.6 is 15.9 Å². The van der Waals surface area contributed by atoms with E-state index in [1.807, 2.05) is 24.3 Å². The predicted octanol–water partition coefficient (Wildman–Crippen LogP) is 7.08. The van der Waals surface area contributed by atoms with Crippen LogP contribution in [-0.2, 0) is 6.42 Å². The van der Waals surface area contributed by atoms with Crippen molar-refractivity contribution in [3.05, 3.63) is 135 Å². The Morgan fingerprint density at radius 1 is 0.548 bits per heavy atom. The lowest BCUT2D eigenvalue weighted by Gasteiger charge is -2.19. The highest BCUT2D eigenvalue weighted by molar-refractivity contribution is 9.10. The molecule has 155 valence electrons. The summed E-state index contributed by atoms with van der Waals surface area (Å²) in [7, 11) is 3.38. The topological polar surface area (TPSA) is 18.5 Å². The van der Waals surface area contributed by atoms with E-state index < -0.39 is 0 Å². The molecule has 0 bridgehead atoms. The molecule has 0 aliphatic carbocycles. The predicted molar refractivity (Wildman–Crippen MR) is 130 cm³/mol. The van der Waals surface area contributed by atoms with Crippen LogP contribution in [0.25, 0.3) is 0 Å². The van der Waals surface area contributed by atoms with Crippen LogP contribution in [-0.4, -0.2) is 14.2 Å². The molecule has 0 aliphatic heterocycles. The number of hydrogen-bond acceptors (Lipinski definition) is 2. The summed E-state index contributed by atoms with van der Waals surface area (Å²) < 4.78 is 11.8. The van der Waals surface area contributed by atoms with Gasteiger partial charge in [-0.3, -0.25) is 0 Å². The number of hydrogen-bond donors (Lipinski definition) is 0. The summed E-state index contributed by atoms with van der Waals surface area (Å²) in [4.78, 5) is 0. The normalized spacial score (nSPS) is 10.8. The number of rotatable bonds is 7. The smallest absolute Gasteiger partial charge is 0.118 e. The van der Waals surface area contributed by atoms with Gasteiger partial charge in [0.15, 0.2) is 0 Å². The van der Waals surface area contributed by atoms with Crippen LogP contribution in [0.3, 0.4) is 0 Å². The number of halogens is 1. The molecule has 0 aliphatic rings. The summed E-state index contributed by atoms with van der Waals surface area (Å²) in [6, 6.07) is 33.7. The second kappa shape index (κ2) is 9.84. The Balaban J connectivity index is 1.65. The van der Waals surface area contributed by atoms with Crippen molar-refractivity contribution < 1.29 is 9.47 Å². The highest BCUT2D eigenvalue weighted by Crippen LogP contribution is 2.33. The lowest BCUT2D eigenvalue weighted by atomic mass is 9.84. The monoisotopic (exact) mass is 471 g/mol. The highest BCUT2D eigenvalue weighted by Gasteiger charge is 2.18. The van der Waals surface area contributed by atoms with Crippen LogP contribution in [0.1, 0.15) is 27.8 Å². The highest BCUT2D eigenvalue weighted by atomic mass is 79.9. The first-order valence-electron chi connectivity index (χ1n) is 10.2. The van der Waals surface area contributed by atoms with Crippen molar-refractivity contribution >= 4 is 15.9 Å². The Labute approximate surface area is 192 Å². The van der Waals surface area contributed by atoms with Gasteiger partial charge in [0.2, 0.25) is 0 Å². The molecule has 0 aromatic heterocycles. The SMILES string of the molecule is COc1ccc([C](c2ccc(Cc3ccc(Br)cc3)cc2)c2ccc(OC)cc2)cc1. The fourth-order valence-electron chi connectivity index (χ4n) is 3.64. The summed E-state index contributed by atoms with van der Waals surface area (Å²) in [6.45, 7) is 0. The van der Waals surface area contributed by atoms with Crippen LogP contribution in [0.4, 0.5) is 0 Å². The summed E-state index contributed by atoms with van der Waals surface area (Å²) in [5.74, 6) is 2.88. The summed E-state index contributed by atoms with van der Waals surface area (Å²) in [5.41, 5.74) is 6.05. The fourth-order valence-corrected chi connectivity index (χ4v) is 3.91. The maximum atomic E-state index is 5.34. The number of methoxy groups -OCH3 is 2. The summed E-state index contributed by atoms with van der Waals surface area (Å²) in [5, 5.41) is 0. The Kier molecular flexibility index (Phi) is 6.73. The van der Waals surface area contributed by atoms with Gasteiger partial charge in [-0.05, 0) is 70.6 Å². The van der Waals surface area contributed by atoms with E-state index in [0.29, 0.717) is 0 Å². The lowest BCUT2D eigenvalue weighted by Crippen LogP contribution is -2.05. The van der Waals surface area contributed by atoms with E-state index in [-0.39, 0.29) is 0 Å². The minimum Gasteiger partial charge on any atom is -0.497 e. The van der Waals surface area contributed by atoms with Crippen molar-refractivity contribution in [1.82, 2.24) is 0 Å². The second-order valence-corrected chi connectivity index (χ2v) is 8.25. The molecule has 4 aromatic carbocycles. The van der Waals surface area contributed by atoms with Gasteiger partial charge in [0.1, 0.15) is 11.5 Å². The average molecular weight is 472 g/mol. The molecular weight excluding hydrogens is 448 g/mol. The van der Waals surface area contributed by atoms with Crippen molar-refractivity contribution in [2.75, 3.05) is 14.2 Å². The zero-order valence-electron chi connectivity index (χ0n) is 17.6. The second-order valence-electron chi connectivity index (χ2n) is 7.33. The average Bonchev–Trinajstić information content (AvgIpc) is 2.83. The standard InChI is InChI=1S/C28H24BrO2/c1-30-26-15-9-23(10-16-26)28(24-11-17-27(31-2)18-12-24)22-7-3-20(4-8-22)19-21-5-13-25(29)14-6-21/h3-18H,19H2,1-2H3. The molecule has 0 amide bonds. The molecule has 0 heterocycles. The molecule has 0 spiro atoms. The molecule has 4 rings (SSSR count). The van der Waals surface area contributed by atoms with Crippen LogP contribution in [0.5, 0.6) is 11.5 Å². The van der Waals surface area contributed by atoms with Gasteiger partial charge in [-0.2, -0.15) is 0 Å². The largest absolute Gasteiger partial charge is 0.497 e. The van der Waals surface area contributed by atoms with Gasteiger partial charge in [-0.1, -0.05) is 76.6 Å². The zero-order valence-corrected chi connectivity index (χ0v) is 19.2. The van der Waals surface area contributed by atoms with Gasteiger partial charge in [0.05, 0.1) is 20.1 Å². The van der Waals surface area contributed by atoms with Crippen molar-refractivity contribution in [3.8, 4) is 11.5 Å². The maximum Gasteiger partial charge on any atom is 0.118 e. The summed E-state index contributed by atoms with van der Waals surface area (Å²) >= 11 is 3.50. The van der Waals surface area contributed by atoms with E-state index in [2.05, 4.69) is 88.7 Å². The first-order valence-corrected chi connectivity index (χ1v) is 10.9. The maximum absolute atomic E-state index is 5.34. The molecule has 0 atom stereocenters. The van der Waals surface area contributed by atoms with E-state index in [1.165, 1.54) is 22.6 Å². The van der Waals surface area contributed by atoms with Crippen molar-refractivity contribution in [1.29, 1.82) is 0 Å². The van der Waals surface area contributed by atoms with Gasteiger partial charge in [-0.15, -0.1) is 0 Å².